The van der Waals surface area contributed by atoms with Crippen LogP contribution >= 0.6 is 0 Å². The smallest absolute Gasteiger partial charge is 0.329 e. The molecule has 2 N–H and O–H groups in total. The Kier molecular flexibility index (Phi) is 7.77. The van der Waals surface area contributed by atoms with Crippen LogP contribution in [0.2, 0.25) is 0 Å². The van der Waals surface area contributed by atoms with Crippen LogP contribution in [0, 0.1) is 0 Å². The third kappa shape index (κ3) is 6.45. The topological polar surface area (TPSA) is 94.1 Å². The number of carbonyl (C=O) groups excluding carboxylic acids is 1. The summed E-state index contributed by atoms with van der Waals surface area (Å²) < 4.78 is 15.2. The van der Waals surface area contributed by atoms with Gasteiger partial charge in [-0.25, -0.2) is 4.79 Å². The average Bonchev–Trinajstić information content (AvgIpc) is 2.51. The molecule has 0 aliphatic rings. The Labute approximate surface area is 129 Å². The van der Waals surface area contributed by atoms with Gasteiger partial charge in [-0.2, -0.15) is 0 Å². The molecule has 0 fully saturated rings. The summed E-state index contributed by atoms with van der Waals surface area (Å²) in [6, 6.07) is 5.43. The van der Waals surface area contributed by atoms with Crippen LogP contribution < -0.4 is 14.8 Å². The summed E-state index contributed by atoms with van der Waals surface area (Å²) in [5.74, 6) is 0.247. The second-order valence-corrected chi connectivity index (χ2v) is 4.47. The van der Waals surface area contributed by atoms with Gasteiger partial charge in [0.2, 0.25) is 5.91 Å². The molecule has 122 valence electrons. The van der Waals surface area contributed by atoms with Crippen molar-refractivity contribution < 1.29 is 28.9 Å². The fourth-order valence-electron chi connectivity index (χ4n) is 1.84. The van der Waals surface area contributed by atoms with Gasteiger partial charge in [0.15, 0.2) is 0 Å². The number of aliphatic carboxylic acids is 1. The summed E-state index contributed by atoms with van der Waals surface area (Å²) in [6.07, 6.45) is 0.810. The van der Waals surface area contributed by atoms with Gasteiger partial charge in [-0.3, -0.25) is 4.79 Å². The first-order chi connectivity index (χ1) is 10.6. The van der Waals surface area contributed by atoms with Crippen molar-refractivity contribution in [2.45, 2.75) is 12.8 Å². The Morgan fingerprint density at radius 2 is 2.00 bits per heavy atom. The Morgan fingerprint density at radius 1 is 1.23 bits per heavy atom. The third-order valence-corrected chi connectivity index (χ3v) is 2.90. The van der Waals surface area contributed by atoms with Crippen LogP contribution in [0.3, 0.4) is 0 Å². The molecule has 0 atom stereocenters. The number of rotatable bonds is 10. The predicted octanol–water partition coefficient (Wildman–Crippen LogP) is 0.854. The van der Waals surface area contributed by atoms with Crippen molar-refractivity contribution in [1.29, 1.82) is 0 Å². The minimum Gasteiger partial charge on any atom is -0.497 e. The van der Waals surface area contributed by atoms with E-state index in [1.807, 2.05) is 6.07 Å². The van der Waals surface area contributed by atoms with E-state index in [1.165, 1.54) is 0 Å². The van der Waals surface area contributed by atoms with Gasteiger partial charge in [-0.05, 0) is 30.2 Å². The maximum absolute atomic E-state index is 11.7. The molecule has 1 rings (SSSR count). The number of carboxylic acids is 1. The summed E-state index contributed by atoms with van der Waals surface area (Å²) in [6.45, 7) is 0.0821. The molecule has 0 aromatic heterocycles. The van der Waals surface area contributed by atoms with E-state index in [2.05, 4.69) is 5.32 Å². The first-order valence-corrected chi connectivity index (χ1v) is 6.84. The third-order valence-electron chi connectivity index (χ3n) is 2.90. The van der Waals surface area contributed by atoms with E-state index in [1.54, 1.807) is 26.4 Å². The largest absolute Gasteiger partial charge is 0.497 e. The van der Waals surface area contributed by atoms with Gasteiger partial charge >= 0.3 is 5.97 Å². The standard InChI is InChI=1S/C15H21NO6/c1-20-12-4-5-13(21-2)11(9-12)3-6-14(17)16-7-8-22-10-15(18)19/h4-5,9H,3,6-8,10H2,1-2H3,(H,16,17)(H,18,19). The zero-order chi connectivity index (χ0) is 16.4. The quantitative estimate of drug-likeness (QED) is 0.622. The molecule has 1 aromatic rings. The maximum Gasteiger partial charge on any atom is 0.329 e. The predicted molar refractivity (Wildman–Crippen MR) is 79.3 cm³/mol. The number of carbonyl (C=O) groups is 2. The first kappa shape index (κ1) is 17.8. The van der Waals surface area contributed by atoms with Crippen LogP contribution in [0.25, 0.3) is 0 Å². The first-order valence-electron chi connectivity index (χ1n) is 6.84. The molecule has 0 saturated carbocycles. The van der Waals surface area contributed by atoms with Crippen LogP contribution in [0.5, 0.6) is 11.5 Å². The molecular formula is C15H21NO6. The van der Waals surface area contributed by atoms with Gasteiger partial charge in [-0.15, -0.1) is 0 Å². The summed E-state index contributed by atoms with van der Waals surface area (Å²) in [4.78, 5) is 21.9. The highest BCUT2D eigenvalue weighted by Gasteiger charge is 2.08. The SMILES string of the molecule is COc1ccc(OC)c(CCC(=O)NCCOCC(=O)O)c1. The number of aryl methyl sites for hydroxylation is 1. The highest BCUT2D eigenvalue weighted by Crippen LogP contribution is 2.24. The summed E-state index contributed by atoms with van der Waals surface area (Å²) in [5.41, 5.74) is 0.888. The molecule has 0 unspecified atom stereocenters. The van der Waals surface area contributed by atoms with Crippen molar-refractivity contribution in [2.75, 3.05) is 34.0 Å². The van der Waals surface area contributed by atoms with E-state index in [4.69, 9.17) is 19.3 Å². The van der Waals surface area contributed by atoms with Gasteiger partial charge in [0, 0.05) is 13.0 Å². The van der Waals surface area contributed by atoms with Gasteiger partial charge in [-0.1, -0.05) is 0 Å². The lowest BCUT2D eigenvalue weighted by Crippen LogP contribution is -2.28. The van der Waals surface area contributed by atoms with E-state index >= 15 is 0 Å². The van der Waals surface area contributed by atoms with Crippen molar-refractivity contribution in [1.82, 2.24) is 5.32 Å². The van der Waals surface area contributed by atoms with E-state index in [9.17, 15) is 9.59 Å². The minimum atomic E-state index is -1.03. The van der Waals surface area contributed by atoms with Crippen LogP contribution in [0.15, 0.2) is 18.2 Å². The fourth-order valence-corrected chi connectivity index (χ4v) is 1.84. The van der Waals surface area contributed by atoms with Crippen molar-refractivity contribution in [3.63, 3.8) is 0 Å². The Hall–Kier alpha value is -2.28. The van der Waals surface area contributed by atoms with Crippen LogP contribution in [0.4, 0.5) is 0 Å². The number of methoxy groups -OCH3 is 2. The molecule has 0 saturated heterocycles. The second-order valence-electron chi connectivity index (χ2n) is 4.47. The number of amides is 1. The molecule has 0 radical (unpaired) electrons. The van der Waals surface area contributed by atoms with E-state index in [-0.39, 0.29) is 25.7 Å². The average molecular weight is 311 g/mol. The van der Waals surface area contributed by atoms with Crippen molar-refractivity contribution in [3.05, 3.63) is 23.8 Å². The van der Waals surface area contributed by atoms with Gasteiger partial charge < -0.3 is 24.6 Å². The highest BCUT2D eigenvalue weighted by atomic mass is 16.5. The maximum atomic E-state index is 11.7. The molecule has 22 heavy (non-hydrogen) atoms. The Balaban J connectivity index is 2.35. The lowest BCUT2D eigenvalue weighted by Gasteiger charge is -2.10. The van der Waals surface area contributed by atoms with Crippen LogP contribution in [0.1, 0.15) is 12.0 Å². The Bertz CT molecular complexity index is 503. The number of hydrogen-bond donors (Lipinski definition) is 2. The van der Waals surface area contributed by atoms with Crippen LogP contribution in [-0.2, 0) is 20.7 Å². The number of nitrogens with one attached hydrogen (secondary N) is 1. The van der Waals surface area contributed by atoms with Gasteiger partial charge in [0.05, 0.1) is 20.8 Å². The highest BCUT2D eigenvalue weighted by molar-refractivity contribution is 5.76. The number of benzene rings is 1. The van der Waals surface area contributed by atoms with Gasteiger partial charge in [0.25, 0.3) is 0 Å². The molecule has 1 amide bonds. The second kappa shape index (κ2) is 9.62. The number of hydrogen-bond acceptors (Lipinski definition) is 5. The minimum absolute atomic E-state index is 0.135. The Morgan fingerprint density at radius 3 is 2.64 bits per heavy atom. The lowest BCUT2D eigenvalue weighted by molar-refractivity contribution is -0.142. The monoisotopic (exact) mass is 311 g/mol. The molecule has 1 aromatic carbocycles. The van der Waals surface area contributed by atoms with Gasteiger partial charge in [0.1, 0.15) is 18.1 Å². The molecule has 0 aliphatic carbocycles. The van der Waals surface area contributed by atoms with E-state index < -0.39 is 5.97 Å². The molecule has 7 nitrogen and oxygen atoms in total. The molecule has 0 spiro atoms. The zero-order valence-electron chi connectivity index (χ0n) is 12.8. The molecule has 7 heteroatoms. The zero-order valence-corrected chi connectivity index (χ0v) is 12.8. The summed E-state index contributed by atoms with van der Waals surface area (Å²) >= 11 is 0. The normalized spacial score (nSPS) is 10.1. The summed E-state index contributed by atoms with van der Waals surface area (Å²) in [5, 5.41) is 11.1. The van der Waals surface area contributed by atoms with E-state index in [0.717, 1.165) is 5.56 Å². The molecule has 0 aliphatic heterocycles. The summed E-state index contributed by atoms with van der Waals surface area (Å²) in [7, 11) is 3.15. The molecule has 0 heterocycles. The lowest BCUT2D eigenvalue weighted by atomic mass is 10.1. The van der Waals surface area contributed by atoms with Crippen molar-refractivity contribution >= 4 is 11.9 Å². The number of ether oxygens (including phenoxy) is 3. The van der Waals surface area contributed by atoms with E-state index in [0.29, 0.717) is 24.3 Å². The fraction of sp³-hybridized carbons (Fsp3) is 0.467. The van der Waals surface area contributed by atoms with Crippen molar-refractivity contribution in [3.8, 4) is 11.5 Å². The molecule has 0 bridgehead atoms. The van der Waals surface area contributed by atoms with Crippen LogP contribution in [-0.4, -0.2) is 51.0 Å². The molecular weight excluding hydrogens is 290 g/mol. The number of carboxylic acid groups (broad SMARTS) is 1. The van der Waals surface area contributed by atoms with Crippen molar-refractivity contribution in [2.24, 2.45) is 0 Å².